The molecule has 1 saturated heterocycles. The second-order valence-corrected chi connectivity index (χ2v) is 5.87. The van der Waals surface area contributed by atoms with Crippen molar-refractivity contribution >= 4 is 5.91 Å². The van der Waals surface area contributed by atoms with Crippen molar-refractivity contribution in [3.05, 3.63) is 35.1 Å². The number of hydrogen-bond donors (Lipinski definition) is 2. The number of benzene rings is 1. The quantitative estimate of drug-likeness (QED) is 0.813. The van der Waals surface area contributed by atoms with Crippen molar-refractivity contribution in [3.8, 4) is 0 Å². The van der Waals surface area contributed by atoms with Gasteiger partial charge in [-0.3, -0.25) is 4.79 Å². The predicted octanol–water partition coefficient (Wildman–Crippen LogP) is 2.37. The first-order chi connectivity index (χ1) is 10.7. The van der Waals surface area contributed by atoms with Crippen LogP contribution in [0.15, 0.2) is 18.2 Å². The van der Waals surface area contributed by atoms with Gasteiger partial charge in [0.1, 0.15) is 5.82 Å². The molecule has 0 radical (unpaired) electrons. The highest BCUT2D eigenvalue weighted by molar-refractivity contribution is 5.75. The summed E-state index contributed by atoms with van der Waals surface area (Å²) in [4.78, 5) is 11.9. The Balaban J connectivity index is 1.74. The number of halogens is 1. The van der Waals surface area contributed by atoms with E-state index in [1.807, 2.05) is 0 Å². The Morgan fingerprint density at radius 1 is 1.41 bits per heavy atom. The van der Waals surface area contributed by atoms with Crippen LogP contribution in [-0.2, 0) is 22.7 Å². The second-order valence-electron chi connectivity index (χ2n) is 5.87. The molecule has 1 aliphatic rings. The maximum atomic E-state index is 13.5. The number of carbonyl (C=O) groups excluding carboxylic acids is 1. The van der Waals surface area contributed by atoms with Crippen LogP contribution in [0, 0.1) is 11.7 Å². The fourth-order valence-corrected chi connectivity index (χ4v) is 2.80. The van der Waals surface area contributed by atoms with E-state index in [0.29, 0.717) is 24.4 Å². The topological polar surface area (TPSA) is 50.4 Å². The minimum absolute atomic E-state index is 0.0659. The Morgan fingerprint density at radius 3 is 2.91 bits per heavy atom. The fraction of sp³-hybridized carbons (Fsp3) is 0.588. The van der Waals surface area contributed by atoms with Crippen LogP contribution in [0.5, 0.6) is 0 Å². The monoisotopic (exact) mass is 308 g/mol. The molecule has 22 heavy (non-hydrogen) atoms. The van der Waals surface area contributed by atoms with Crippen molar-refractivity contribution in [1.29, 1.82) is 0 Å². The van der Waals surface area contributed by atoms with Crippen LogP contribution >= 0.6 is 0 Å². The second kappa shape index (κ2) is 8.86. The first-order valence-electron chi connectivity index (χ1n) is 7.92. The summed E-state index contributed by atoms with van der Waals surface area (Å²) >= 11 is 0. The van der Waals surface area contributed by atoms with Gasteiger partial charge in [0.25, 0.3) is 0 Å². The minimum atomic E-state index is -0.275. The van der Waals surface area contributed by atoms with Crippen LogP contribution in [0.4, 0.5) is 4.39 Å². The molecule has 0 atom stereocenters. The van der Waals surface area contributed by atoms with Gasteiger partial charge in [0.15, 0.2) is 0 Å². The van der Waals surface area contributed by atoms with Crippen LogP contribution in [0.3, 0.4) is 0 Å². The molecule has 1 amide bonds. The van der Waals surface area contributed by atoms with Crippen molar-refractivity contribution in [2.45, 2.75) is 38.8 Å². The molecule has 2 rings (SSSR count). The molecule has 0 aromatic heterocycles. The van der Waals surface area contributed by atoms with Gasteiger partial charge in [0.2, 0.25) is 5.91 Å². The van der Waals surface area contributed by atoms with Crippen molar-refractivity contribution < 1.29 is 13.9 Å². The molecule has 1 aliphatic heterocycles. The van der Waals surface area contributed by atoms with Gasteiger partial charge >= 0.3 is 0 Å². The molecule has 5 heteroatoms. The summed E-state index contributed by atoms with van der Waals surface area (Å²) in [6.45, 7) is 2.79. The number of rotatable bonds is 7. The number of ether oxygens (including phenoxy) is 1. The largest absolute Gasteiger partial charge is 0.380 e. The summed E-state index contributed by atoms with van der Waals surface area (Å²) < 4.78 is 18.5. The smallest absolute Gasteiger partial charge is 0.220 e. The van der Waals surface area contributed by atoms with E-state index in [-0.39, 0.29) is 18.3 Å². The maximum Gasteiger partial charge on any atom is 0.220 e. The van der Waals surface area contributed by atoms with Crippen molar-refractivity contribution in [2.24, 2.45) is 5.92 Å². The van der Waals surface area contributed by atoms with Gasteiger partial charge in [-0.25, -0.2) is 4.39 Å². The third-order valence-electron chi connectivity index (χ3n) is 4.14. The van der Waals surface area contributed by atoms with E-state index in [0.717, 1.165) is 37.9 Å². The lowest BCUT2D eigenvalue weighted by Crippen LogP contribution is -2.29. The molecular formula is C17H25FN2O2. The average molecular weight is 308 g/mol. The zero-order valence-electron chi connectivity index (χ0n) is 13.2. The van der Waals surface area contributed by atoms with Crippen LogP contribution < -0.4 is 10.6 Å². The molecule has 1 aromatic rings. The third kappa shape index (κ3) is 5.39. The summed E-state index contributed by atoms with van der Waals surface area (Å²) in [6, 6.07) is 4.86. The van der Waals surface area contributed by atoms with Gasteiger partial charge in [0, 0.05) is 25.6 Å². The molecule has 122 valence electrons. The lowest BCUT2D eigenvalue weighted by molar-refractivity contribution is -0.121. The van der Waals surface area contributed by atoms with E-state index in [2.05, 4.69) is 10.6 Å². The molecule has 0 saturated carbocycles. The number of carbonyl (C=O) groups is 1. The Bertz CT molecular complexity index is 488. The zero-order valence-corrected chi connectivity index (χ0v) is 13.2. The molecule has 4 nitrogen and oxygen atoms in total. The molecule has 0 aliphatic carbocycles. The summed E-state index contributed by atoms with van der Waals surface area (Å²) in [5.74, 6) is 0.449. The summed E-state index contributed by atoms with van der Waals surface area (Å²) in [6.07, 6.45) is 3.83. The fourth-order valence-electron chi connectivity index (χ4n) is 2.80. The van der Waals surface area contributed by atoms with E-state index >= 15 is 0 Å². The van der Waals surface area contributed by atoms with Crippen molar-refractivity contribution in [2.75, 3.05) is 20.2 Å². The average Bonchev–Trinajstić information content (AvgIpc) is 2.55. The van der Waals surface area contributed by atoms with E-state index < -0.39 is 0 Å². The zero-order chi connectivity index (χ0) is 15.8. The highest BCUT2D eigenvalue weighted by atomic mass is 19.1. The summed E-state index contributed by atoms with van der Waals surface area (Å²) in [7, 11) is 1.54. The van der Waals surface area contributed by atoms with Gasteiger partial charge in [-0.2, -0.15) is 0 Å². The SMILES string of the molecule is COCc1cc(CNC(=O)CCC2CCNCC2)ccc1F. The number of nitrogens with one attached hydrogen (secondary N) is 2. The Labute approximate surface area is 131 Å². The highest BCUT2D eigenvalue weighted by Gasteiger charge is 2.14. The molecule has 2 N–H and O–H groups in total. The van der Waals surface area contributed by atoms with Crippen LogP contribution in [0.25, 0.3) is 0 Å². The summed E-state index contributed by atoms with van der Waals surface area (Å²) in [5, 5.41) is 6.24. The first kappa shape index (κ1) is 16.9. The van der Waals surface area contributed by atoms with E-state index in [4.69, 9.17) is 4.74 Å². The Morgan fingerprint density at radius 2 is 2.18 bits per heavy atom. The molecule has 0 spiro atoms. The standard InChI is InChI=1S/C17H25FN2O2/c1-22-12-15-10-14(2-4-16(15)18)11-20-17(21)5-3-13-6-8-19-9-7-13/h2,4,10,13,19H,3,5-9,11-12H2,1H3,(H,20,21). The molecule has 0 unspecified atom stereocenters. The summed E-state index contributed by atoms with van der Waals surface area (Å²) in [5.41, 5.74) is 1.41. The van der Waals surface area contributed by atoms with Gasteiger partial charge in [-0.1, -0.05) is 6.07 Å². The van der Waals surface area contributed by atoms with E-state index in [1.54, 1.807) is 12.1 Å². The minimum Gasteiger partial charge on any atom is -0.380 e. The van der Waals surface area contributed by atoms with E-state index in [9.17, 15) is 9.18 Å². The number of amides is 1. The third-order valence-corrected chi connectivity index (χ3v) is 4.14. The molecule has 1 fully saturated rings. The Kier molecular flexibility index (Phi) is 6.80. The van der Waals surface area contributed by atoms with Gasteiger partial charge in [-0.15, -0.1) is 0 Å². The van der Waals surface area contributed by atoms with E-state index in [1.165, 1.54) is 13.2 Å². The van der Waals surface area contributed by atoms with Crippen molar-refractivity contribution in [3.63, 3.8) is 0 Å². The highest BCUT2D eigenvalue weighted by Crippen LogP contribution is 2.17. The number of piperidine rings is 1. The molecular weight excluding hydrogens is 283 g/mol. The van der Waals surface area contributed by atoms with Gasteiger partial charge < -0.3 is 15.4 Å². The van der Waals surface area contributed by atoms with Crippen LogP contribution in [0.2, 0.25) is 0 Å². The number of methoxy groups -OCH3 is 1. The van der Waals surface area contributed by atoms with Gasteiger partial charge in [-0.05, 0) is 56.0 Å². The molecule has 0 bridgehead atoms. The lowest BCUT2D eigenvalue weighted by Gasteiger charge is -2.22. The van der Waals surface area contributed by atoms with Gasteiger partial charge in [0.05, 0.1) is 6.61 Å². The predicted molar refractivity (Wildman–Crippen MR) is 83.8 cm³/mol. The molecule has 1 heterocycles. The van der Waals surface area contributed by atoms with Crippen LogP contribution in [-0.4, -0.2) is 26.1 Å². The lowest BCUT2D eigenvalue weighted by atomic mass is 9.93. The maximum absolute atomic E-state index is 13.5. The first-order valence-corrected chi connectivity index (χ1v) is 7.92. The number of hydrogen-bond acceptors (Lipinski definition) is 3. The Hall–Kier alpha value is -1.46. The van der Waals surface area contributed by atoms with Crippen molar-refractivity contribution in [1.82, 2.24) is 10.6 Å². The van der Waals surface area contributed by atoms with Crippen LogP contribution in [0.1, 0.15) is 36.8 Å². The normalized spacial score (nSPS) is 15.7. The molecule has 1 aromatic carbocycles.